The van der Waals surface area contributed by atoms with Crippen LogP contribution < -0.4 is 4.74 Å². The number of para-hydroxylation sites is 1. The van der Waals surface area contributed by atoms with E-state index in [1.54, 1.807) is 30.2 Å². The molecule has 0 aliphatic carbocycles. The Morgan fingerprint density at radius 2 is 2.00 bits per heavy atom. The highest BCUT2D eigenvalue weighted by Crippen LogP contribution is 2.30. The number of ether oxygens (including phenoxy) is 1. The highest BCUT2D eigenvalue weighted by molar-refractivity contribution is 7.98. The Labute approximate surface area is 130 Å². The molecule has 0 unspecified atom stereocenters. The third-order valence-corrected chi connectivity index (χ3v) is 3.50. The van der Waals surface area contributed by atoms with Crippen LogP contribution >= 0.6 is 23.4 Å². The summed E-state index contributed by atoms with van der Waals surface area (Å²) in [4.78, 5) is 13.2. The molecular formula is C13H10ClN5OS. The quantitative estimate of drug-likeness (QED) is 0.688. The summed E-state index contributed by atoms with van der Waals surface area (Å²) in [5, 5.41) is 4.10. The lowest BCUT2D eigenvalue weighted by atomic mass is 10.3. The lowest BCUT2D eigenvalue weighted by Gasteiger charge is -2.08. The molecule has 0 spiro atoms. The Hall–Kier alpha value is -2.12. The number of halogens is 1. The summed E-state index contributed by atoms with van der Waals surface area (Å²) in [6.07, 6.45) is 5.31. The molecule has 0 aliphatic heterocycles. The molecule has 1 aromatic carbocycles. The fraction of sp³-hybridized carbons (Fsp3) is 0.0769. The van der Waals surface area contributed by atoms with Gasteiger partial charge in [0.2, 0.25) is 5.28 Å². The predicted octanol–water partition coefficient (Wildman–Crippen LogP) is 3.22. The lowest BCUT2D eigenvalue weighted by Crippen LogP contribution is -2.05. The molecule has 2 heterocycles. The minimum Gasteiger partial charge on any atom is -0.423 e. The first-order valence-corrected chi connectivity index (χ1v) is 7.59. The summed E-state index contributed by atoms with van der Waals surface area (Å²) in [5.41, 5.74) is 0. The zero-order valence-electron chi connectivity index (χ0n) is 11.0. The molecule has 0 aliphatic rings. The van der Waals surface area contributed by atoms with Crippen molar-refractivity contribution >= 4 is 23.4 Å². The van der Waals surface area contributed by atoms with Crippen LogP contribution in [0.1, 0.15) is 0 Å². The van der Waals surface area contributed by atoms with E-state index >= 15 is 0 Å². The molecule has 0 N–H and O–H groups in total. The molecule has 8 heteroatoms. The molecule has 0 atom stereocenters. The van der Waals surface area contributed by atoms with E-state index in [9.17, 15) is 0 Å². The standard InChI is InChI=1S/C13H10ClN5OS/c1-21-10-6-3-2-5-9(10)20-13-17-11(14)16-12(18-13)19-8-4-7-15-19/h2-8H,1H3. The van der Waals surface area contributed by atoms with Gasteiger partial charge in [-0.05, 0) is 36.1 Å². The van der Waals surface area contributed by atoms with Crippen LogP contribution in [0.4, 0.5) is 0 Å². The van der Waals surface area contributed by atoms with Gasteiger partial charge in [-0.15, -0.1) is 11.8 Å². The van der Waals surface area contributed by atoms with Gasteiger partial charge in [-0.1, -0.05) is 12.1 Å². The summed E-state index contributed by atoms with van der Waals surface area (Å²) in [7, 11) is 0. The molecule has 0 radical (unpaired) electrons. The number of thioether (sulfide) groups is 1. The van der Waals surface area contributed by atoms with Crippen molar-refractivity contribution in [1.82, 2.24) is 24.7 Å². The zero-order valence-corrected chi connectivity index (χ0v) is 12.5. The third kappa shape index (κ3) is 3.14. The molecule has 3 rings (SSSR count). The van der Waals surface area contributed by atoms with Crippen molar-refractivity contribution in [3.63, 3.8) is 0 Å². The van der Waals surface area contributed by atoms with Crippen molar-refractivity contribution in [1.29, 1.82) is 0 Å². The highest BCUT2D eigenvalue weighted by atomic mass is 35.5. The Balaban J connectivity index is 1.96. The molecule has 0 saturated heterocycles. The van der Waals surface area contributed by atoms with Gasteiger partial charge in [-0.2, -0.15) is 20.1 Å². The van der Waals surface area contributed by atoms with Crippen LogP contribution in [0.3, 0.4) is 0 Å². The maximum atomic E-state index is 5.92. The van der Waals surface area contributed by atoms with Crippen molar-refractivity contribution in [3.05, 3.63) is 48.0 Å². The fourth-order valence-corrected chi connectivity index (χ4v) is 2.33. The Bertz CT molecular complexity index is 750. The number of benzene rings is 1. The van der Waals surface area contributed by atoms with Crippen LogP contribution in [-0.4, -0.2) is 31.0 Å². The second kappa shape index (κ2) is 6.11. The Morgan fingerprint density at radius 3 is 2.76 bits per heavy atom. The maximum absolute atomic E-state index is 5.92. The van der Waals surface area contributed by atoms with Crippen molar-refractivity contribution < 1.29 is 4.74 Å². The highest BCUT2D eigenvalue weighted by Gasteiger charge is 2.11. The first-order chi connectivity index (χ1) is 10.3. The van der Waals surface area contributed by atoms with Crippen LogP contribution in [0.25, 0.3) is 5.95 Å². The summed E-state index contributed by atoms with van der Waals surface area (Å²) in [5.74, 6) is 0.968. The van der Waals surface area contributed by atoms with Gasteiger partial charge >= 0.3 is 6.01 Å². The van der Waals surface area contributed by atoms with Crippen molar-refractivity contribution in [3.8, 4) is 17.7 Å². The number of hydrogen-bond acceptors (Lipinski definition) is 6. The van der Waals surface area contributed by atoms with Gasteiger partial charge in [-0.25, -0.2) is 4.68 Å². The first kappa shape index (κ1) is 13.8. The minimum atomic E-state index is 0.0483. The van der Waals surface area contributed by atoms with Gasteiger partial charge < -0.3 is 4.74 Å². The average Bonchev–Trinajstić information content (AvgIpc) is 3.01. The van der Waals surface area contributed by atoms with Crippen LogP contribution in [0.5, 0.6) is 11.8 Å². The predicted molar refractivity (Wildman–Crippen MR) is 80.3 cm³/mol. The number of rotatable bonds is 4. The Kier molecular flexibility index (Phi) is 4.03. The van der Waals surface area contributed by atoms with E-state index in [1.807, 2.05) is 30.5 Å². The monoisotopic (exact) mass is 319 g/mol. The Morgan fingerprint density at radius 1 is 1.14 bits per heavy atom. The number of aromatic nitrogens is 5. The molecule has 106 valence electrons. The van der Waals surface area contributed by atoms with Crippen LogP contribution in [0.2, 0.25) is 5.28 Å². The van der Waals surface area contributed by atoms with Crippen LogP contribution in [0.15, 0.2) is 47.6 Å². The second-order valence-corrected chi connectivity index (χ2v) is 5.08. The van der Waals surface area contributed by atoms with E-state index < -0.39 is 0 Å². The van der Waals surface area contributed by atoms with Crippen molar-refractivity contribution in [2.45, 2.75) is 4.90 Å². The van der Waals surface area contributed by atoms with Gasteiger partial charge in [0.1, 0.15) is 5.75 Å². The van der Waals surface area contributed by atoms with Crippen LogP contribution in [0, 0.1) is 0 Å². The van der Waals surface area contributed by atoms with E-state index in [1.165, 1.54) is 4.68 Å². The third-order valence-electron chi connectivity index (χ3n) is 2.56. The molecule has 2 aromatic heterocycles. The molecule has 3 aromatic rings. The first-order valence-electron chi connectivity index (χ1n) is 5.99. The minimum absolute atomic E-state index is 0.0483. The summed E-state index contributed by atoms with van der Waals surface area (Å²) < 4.78 is 7.20. The fourth-order valence-electron chi connectivity index (χ4n) is 1.66. The summed E-state index contributed by atoms with van der Waals surface area (Å²) in [6, 6.07) is 9.51. The maximum Gasteiger partial charge on any atom is 0.328 e. The summed E-state index contributed by atoms with van der Waals surface area (Å²) >= 11 is 7.49. The van der Waals surface area contributed by atoms with Crippen molar-refractivity contribution in [2.75, 3.05) is 6.26 Å². The van der Waals surface area contributed by atoms with E-state index in [0.717, 1.165) is 4.90 Å². The van der Waals surface area contributed by atoms with Crippen molar-refractivity contribution in [2.24, 2.45) is 0 Å². The topological polar surface area (TPSA) is 65.7 Å². The normalized spacial score (nSPS) is 10.6. The van der Waals surface area contributed by atoms with E-state index in [0.29, 0.717) is 11.7 Å². The summed E-state index contributed by atoms with van der Waals surface area (Å²) in [6.45, 7) is 0. The number of hydrogen-bond donors (Lipinski definition) is 0. The molecule has 6 nitrogen and oxygen atoms in total. The van der Waals surface area contributed by atoms with Gasteiger partial charge in [-0.3, -0.25) is 0 Å². The van der Waals surface area contributed by atoms with E-state index in [4.69, 9.17) is 16.3 Å². The average molecular weight is 320 g/mol. The van der Waals surface area contributed by atoms with Gasteiger partial charge in [0, 0.05) is 17.3 Å². The van der Waals surface area contributed by atoms with Crippen LogP contribution in [-0.2, 0) is 0 Å². The second-order valence-electron chi connectivity index (χ2n) is 3.89. The smallest absolute Gasteiger partial charge is 0.328 e. The van der Waals surface area contributed by atoms with E-state index in [2.05, 4.69) is 20.1 Å². The molecule has 0 amide bonds. The molecular weight excluding hydrogens is 310 g/mol. The molecule has 0 saturated carbocycles. The molecule has 21 heavy (non-hydrogen) atoms. The molecule has 0 bridgehead atoms. The lowest BCUT2D eigenvalue weighted by molar-refractivity contribution is 0.428. The SMILES string of the molecule is CSc1ccccc1Oc1nc(Cl)nc(-n2cccn2)n1. The van der Waals surface area contributed by atoms with Gasteiger partial charge in [0.25, 0.3) is 5.95 Å². The van der Waals surface area contributed by atoms with E-state index in [-0.39, 0.29) is 11.3 Å². The zero-order chi connectivity index (χ0) is 14.7. The van der Waals surface area contributed by atoms with Gasteiger partial charge in [0.05, 0.1) is 0 Å². The van der Waals surface area contributed by atoms with Gasteiger partial charge in [0.15, 0.2) is 0 Å². The number of nitrogens with zero attached hydrogens (tertiary/aromatic N) is 5. The largest absolute Gasteiger partial charge is 0.423 e. The molecule has 0 fully saturated rings.